The largest absolute Gasteiger partial charge is 0.435 e. The summed E-state index contributed by atoms with van der Waals surface area (Å²) in [5.41, 5.74) is 2.27. The molecule has 0 saturated carbocycles. The van der Waals surface area contributed by atoms with Crippen LogP contribution in [-0.4, -0.2) is 6.61 Å². The minimum Gasteiger partial charge on any atom is -0.435 e. The Balaban J connectivity index is 0.00000121. The van der Waals surface area contributed by atoms with E-state index in [4.69, 9.17) is 0 Å². The minimum atomic E-state index is -2.75. The molecule has 0 aromatic heterocycles. The molecule has 0 heterocycles. The van der Waals surface area contributed by atoms with E-state index in [1.807, 2.05) is 33.8 Å². The average molecular weight is 244 g/mol. The van der Waals surface area contributed by atoms with Gasteiger partial charge in [-0.1, -0.05) is 40.7 Å². The van der Waals surface area contributed by atoms with Crippen LogP contribution in [0.15, 0.2) is 18.2 Å². The van der Waals surface area contributed by atoms with Crippen molar-refractivity contribution < 1.29 is 13.5 Å². The van der Waals surface area contributed by atoms with Crippen molar-refractivity contribution in [3.05, 3.63) is 29.3 Å². The van der Waals surface area contributed by atoms with Gasteiger partial charge in [0.2, 0.25) is 0 Å². The van der Waals surface area contributed by atoms with Crippen LogP contribution in [0.2, 0.25) is 0 Å². The molecule has 0 N–H and O–H groups in total. The fourth-order valence-corrected chi connectivity index (χ4v) is 1.61. The number of halogens is 2. The highest BCUT2D eigenvalue weighted by Crippen LogP contribution is 2.26. The van der Waals surface area contributed by atoms with E-state index in [1.54, 1.807) is 12.1 Å². The second-order valence-electron chi connectivity index (χ2n) is 3.75. The Hall–Kier alpha value is -1.12. The van der Waals surface area contributed by atoms with E-state index in [9.17, 15) is 8.78 Å². The van der Waals surface area contributed by atoms with Gasteiger partial charge in [-0.05, 0) is 35.6 Å². The lowest BCUT2D eigenvalue weighted by Gasteiger charge is -2.13. The van der Waals surface area contributed by atoms with Crippen molar-refractivity contribution in [2.75, 3.05) is 0 Å². The number of hydrogen-bond acceptors (Lipinski definition) is 1. The van der Waals surface area contributed by atoms with Gasteiger partial charge in [0.1, 0.15) is 5.75 Å². The summed E-state index contributed by atoms with van der Waals surface area (Å²) >= 11 is 0. The van der Waals surface area contributed by atoms with E-state index >= 15 is 0 Å². The van der Waals surface area contributed by atoms with Crippen LogP contribution in [0, 0.1) is 0 Å². The molecule has 0 aliphatic carbocycles. The summed E-state index contributed by atoms with van der Waals surface area (Å²) in [6.07, 6.45) is 0.905. The first-order valence-electron chi connectivity index (χ1n) is 6.12. The van der Waals surface area contributed by atoms with E-state index in [-0.39, 0.29) is 5.75 Å². The second-order valence-corrected chi connectivity index (χ2v) is 3.75. The molecule has 0 radical (unpaired) electrons. The van der Waals surface area contributed by atoms with E-state index in [0.29, 0.717) is 5.92 Å². The quantitative estimate of drug-likeness (QED) is 0.724. The number of ether oxygens (including phenoxy) is 1. The Kier molecular flexibility index (Phi) is 7.51. The molecule has 1 aromatic carbocycles. The van der Waals surface area contributed by atoms with E-state index in [0.717, 1.165) is 12.0 Å². The maximum atomic E-state index is 12.0. The molecule has 0 unspecified atom stereocenters. The van der Waals surface area contributed by atoms with Crippen LogP contribution in [0.1, 0.15) is 51.7 Å². The van der Waals surface area contributed by atoms with Gasteiger partial charge in [0.15, 0.2) is 0 Å². The summed E-state index contributed by atoms with van der Waals surface area (Å²) in [6, 6.07) is 5.15. The highest BCUT2D eigenvalue weighted by molar-refractivity contribution is 5.37. The summed E-state index contributed by atoms with van der Waals surface area (Å²) in [5, 5.41) is 0. The molecule has 1 rings (SSSR count). The van der Waals surface area contributed by atoms with Crippen LogP contribution in [0.3, 0.4) is 0 Å². The normalized spacial score (nSPS) is 10.2. The first-order chi connectivity index (χ1) is 8.04. The van der Waals surface area contributed by atoms with E-state index in [2.05, 4.69) is 11.7 Å². The van der Waals surface area contributed by atoms with Gasteiger partial charge in [-0.3, -0.25) is 0 Å². The maximum absolute atomic E-state index is 12.0. The van der Waals surface area contributed by atoms with Crippen LogP contribution in [-0.2, 0) is 6.42 Å². The molecule has 98 valence electrons. The standard InChI is InChI=1S/C12H16F2O.C2H6/c1-4-9-5-6-10(15-12(13)14)7-11(9)8(2)3;1-2/h5-8,12H,4H2,1-3H3;1-2H3. The van der Waals surface area contributed by atoms with Crippen molar-refractivity contribution in [2.45, 2.75) is 53.6 Å². The lowest BCUT2D eigenvalue weighted by atomic mass is 9.95. The third-order valence-electron chi connectivity index (χ3n) is 2.35. The second kappa shape index (κ2) is 8.04. The third kappa shape index (κ3) is 5.16. The Morgan fingerprint density at radius 3 is 2.18 bits per heavy atom. The van der Waals surface area contributed by atoms with Gasteiger partial charge < -0.3 is 4.74 Å². The topological polar surface area (TPSA) is 9.23 Å². The first kappa shape index (κ1) is 15.9. The Labute approximate surface area is 103 Å². The van der Waals surface area contributed by atoms with Crippen LogP contribution in [0.25, 0.3) is 0 Å². The third-order valence-corrected chi connectivity index (χ3v) is 2.35. The van der Waals surface area contributed by atoms with Gasteiger partial charge in [0.05, 0.1) is 0 Å². The van der Waals surface area contributed by atoms with Gasteiger partial charge in [-0.25, -0.2) is 0 Å². The molecule has 0 saturated heterocycles. The highest BCUT2D eigenvalue weighted by Gasteiger charge is 2.09. The lowest BCUT2D eigenvalue weighted by Crippen LogP contribution is -2.03. The maximum Gasteiger partial charge on any atom is 0.387 e. The molecule has 3 heteroatoms. The molecule has 0 aliphatic rings. The van der Waals surface area contributed by atoms with Gasteiger partial charge >= 0.3 is 6.61 Å². The first-order valence-corrected chi connectivity index (χ1v) is 6.12. The Morgan fingerprint density at radius 1 is 1.18 bits per heavy atom. The summed E-state index contributed by atoms with van der Waals surface area (Å²) in [5.74, 6) is 0.562. The number of benzene rings is 1. The molecule has 17 heavy (non-hydrogen) atoms. The van der Waals surface area contributed by atoms with Gasteiger partial charge in [0, 0.05) is 0 Å². The zero-order valence-corrected chi connectivity index (χ0v) is 11.3. The minimum absolute atomic E-state index is 0.242. The molecular formula is C14H22F2O. The molecule has 0 spiro atoms. The monoisotopic (exact) mass is 244 g/mol. The summed E-state index contributed by atoms with van der Waals surface area (Å²) in [4.78, 5) is 0. The number of alkyl halides is 2. The Morgan fingerprint density at radius 2 is 1.76 bits per heavy atom. The summed E-state index contributed by atoms with van der Waals surface area (Å²) in [7, 11) is 0. The van der Waals surface area contributed by atoms with Crippen molar-refractivity contribution in [1.29, 1.82) is 0 Å². The molecule has 0 aliphatic heterocycles. The number of hydrogen-bond donors (Lipinski definition) is 0. The summed E-state index contributed by atoms with van der Waals surface area (Å²) in [6.45, 7) is 7.38. The fraction of sp³-hybridized carbons (Fsp3) is 0.571. The zero-order valence-electron chi connectivity index (χ0n) is 11.3. The van der Waals surface area contributed by atoms with E-state index in [1.165, 1.54) is 5.56 Å². The molecule has 0 fully saturated rings. The molecule has 0 bridgehead atoms. The smallest absolute Gasteiger partial charge is 0.387 e. The molecule has 0 atom stereocenters. The lowest BCUT2D eigenvalue weighted by molar-refractivity contribution is -0.0499. The molecule has 1 aromatic rings. The highest BCUT2D eigenvalue weighted by atomic mass is 19.3. The number of aryl methyl sites for hydroxylation is 1. The van der Waals surface area contributed by atoms with Crippen LogP contribution >= 0.6 is 0 Å². The van der Waals surface area contributed by atoms with Crippen molar-refractivity contribution in [2.24, 2.45) is 0 Å². The predicted molar refractivity (Wildman–Crippen MR) is 67.9 cm³/mol. The molecular weight excluding hydrogens is 222 g/mol. The molecule has 0 amide bonds. The van der Waals surface area contributed by atoms with Gasteiger partial charge in [-0.15, -0.1) is 0 Å². The Bertz CT molecular complexity index is 322. The molecule has 1 nitrogen and oxygen atoms in total. The van der Waals surface area contributed by atoms with Crippen LogP contribution in [0.5, 0.6) is 5.75 Å². The van der Waals surface area contributed by atoms with Crippen molar-refractivity contribution >= 4 is 0 Å². The van der Waals surface area contributed by atoms with Gasteiger partial charge in [-0.2, -0.15) is 8.78 Å². The van der Waals surface area contributed by atoms with Crippen LogP contribution in [0.4, 0.5) is 8.78 Å². The fourth-order valence-electron chi connectivity index (χ4n) is 1.61. The van der Waals surface area contributed by atoms with Gasteiger partial charge in [0.25, 0.3) is 0 Å². The average Bonchev–Trinajstić information content (AvgIpc) is 2.30. The predicted octanol–water partition coefficient (Wildman–Crippen LogP) is 5.00. The zero-order chi connectivity index (χ0) is 13.4. The van der Waals surface area contributed by atoms with Crippen molar-refractivity contribution in [1.82, 2.24) is 0 Å². The summed E-state index contributed by atoms with van der Waals surface area (Å²) < 4.78 is 28.4. The number of rotatable bonds is 4. The van der Waals surface area contributed by atoms with Crippen molar-refractivity contribution in [3.63, 3.8) is 0 Å². The van der Waals surface area contributed by atoms with Crippen LogP contribution < -0.4 is 4.74 Å². The van der Waals surface area contributed by atoms with E-state index < -0.39 is 6.61 Å². The SMILES string of the molecule is CC.CCc1ccc(OC(F)F)cc1C(C)C. The van der Waals surface area contributed by atoms with Crippen molar-refractivity contribution in [3.8, 4) is 5.75 Å².